The SMILES string of the molecule is CC(C)(C(N)=O)c1ccc(OCCN2CCC(N[C@@H]3C[C@H]3c3ccccc3)CC2)cc1.Cl.Cl. The predicted octanol–water partition coefficient (Wildman–Crippen LogP) is 4.28. The van der Waals surface area contributed by atoms with E-state index in [-0.39, 0.29) is 30.7 Å². The fourth-order valence-corrected chi connectivity index (χ4v) is 4.48. The normalized spacial score (nSPS) is 20.9. The molecular formula is C26H37Cl2N3O2. The molecule has 0 aromatic heterocycles. The van der Waals surface area contributed by atoms with E-state index in [0.717, 1.165) is 30.9 Å². The molecule has 1 heterocycles. The van der Waals surface area contributed by atoms with Crippen molar-refractivity contribution in [1.29, 1.82) is 0 Å². The van der Waals surface area contributed by atoms with Gasteiger partial charge in [0.2, 0.25) is 5.91 Å². The molecule has 2 atom stereocenters. The lowest BCUT2D eigenvalue weighted by atomic mass is 9.84. The molecule has 1 aliphatic carbocycles. The number of carbonyl (C=O) groups excluding carboxylic acids is 1. The molecule has 1 aliphatic heterocycles. The van der Waals surface area contributed by atoms with E-state index in [4.69, 9.17) is 10.5 Å². The number of likely N-dealkylation sites (tertiary alicyclic amines) is 1. The molecule has 1 amide bonds. The molecule has 2 aromatic rings. The van der Waals surface area contributed by atoms with Crippen molar-refractivity contribution in [2.75, 3.05) is 26.2 Å². The molecule has 1 saturated heterocycles. The molecule has 5 nitrogen and oxygen atoms in total. The second kappa shape index (κ2) is 12.1. The highest BCUT2D eigenvalue weighted by Crippen LogP contribution is 2.41. The number of amides is 1. The van der Waals surface area contributed by atoms with Crippen LogP contribution in [0.3, 0.4) is 0 Å². The number of hydrogen-bond donors (Lipinski definition) is 2. The van der Waals surface area contributed by atoms with Gasteiger partial charge in [0.1, 0.15) is 12.4 Å². The van der Waals surface area contributed by atoms with Gasteiger partial charge in [0.25, 0.3) is 0 Å². The van der Waals surface area contributed by atoms with Crippen LogP contribution < -0.4 is 15.8 Å². The van der Waals surface area contributed by atoms with Gasteiger partial charge in [0, 0.05) is 24.5 Å². The van der Waals surface area contributed by atoms with Gasteiger partial charge in [-0.1, -0.05) is 42.5 Å². The number of benzene rings is 2. The molecule has 0 radical (unpaired) electrons. The Morgan fingerprint density at radius 1 is 1.06 bits per heavy atom. The van der Waals surface area contributed by atoms with Crippen LogP contribution >= 0.6 is 24.8 Å². The third-order valence-corrected chi connectivity index (χ3v) is 6.92. The molecule has 0 spiro atoms. The summed E-state index contributed by atoms with van der Waals surface area (Å²) < 4.78 is 5.93. The molecule has 7 heteroatoms. The molecule has 0 unspecified atom stereocenters. The number of halogens is 2. The molecule has 33 heavy (non-hydrogen) atoms. The standard InChI is InChI=1S/C26H35N3O2.2ClH/c1-26(2,25(27)30)20-8-10-22(11-9-20)31-17-16-29-14-12-21(13-15-29)28-24-18-23(24)19-6-4-3-5-7-19;;/h3-11,21,23-24,28H,12-18H2,1-2H3,(H2,27,30);2*1H/t23-,24+;;/m0../s1. The lowest BCUT2D eigenvalue weighted by Gasteiger charge is -2.32. The third kappa shape index (κ3) is 7.10. The van der Waals surface area contributed by atoms with Crippen LogP contribution in [0.4, 0.5) is 0 Å². The Bertz CT molecular complexity index is 869. The third-order valence-electron chi connectivity index (χ3n) is 6.92. The van der Waals surface area contributed by atoms with Crippen molar-refractivity contribution in [2.45, 2.75) is 56.5 Å². The summed E-state index contributed by atoms with van der Waals surface area (Å²) in [5.41, 5.74) is 7.21. The number of nitrogens with one attached hydrogen (secondary N) is 1. The van der Waals surface area contributed by atoms with Crippen molar-refractivity contribution >= 4 is 30.7 Å². The number of nitrogens with two attached hydrogens (primary N) is 1. The van der Waals surface area contributed by atoms with E-state index in [2.05, 4.69) is 40.5 Å². The number of hydrogen-bond acceptors (Lipinski definition) is 4. The Morgan fingerprint density at radius 3 is 2.30 bits per heavy atom. The molecule has 2 aliphatic rings. The number of carbonyl (C=O) groups is 1. The molecule has 1 saturated carbocycles. The Morgan fingerprint density at radius 2 is 1.70 bits per heavy atom. The summed E-state index contributed by atoms with van der Waals surface area (Å²) in [6.07, 6.45) is 3.68. The first-order valence-electron chi connectivity index (χ1n) is 11.5. The molecule has 3 N–H and O–H groups in total. The zero-order valence-electron chi connectivity index (χ0n) is 19.5. The van der Waals surface area contributed by atoms with Gasteiger partial charge in [-0.05, 0) is 69.5 Å². The van der Waals surface area contributed by atoms with Gasteiger partial charge in [-0.3, -0.25) is 9.69 Å². The number of nitrogens with zero attached hydrogens (tertiary/aromatic N) is 1. The van der Waals surface area contributed by atoms with Crippen LogP contribution in [0, 0.1) is 0 Å². The van der Waals surface area contributed by atoms with Crippen molar-refractivity contribution < 1.29 is 9.53 Å². The summed E-state index contributed by atoms with van der Waals surface area (Å²) in [6, 6.07) is 19.9. The Kier molecular flexibility index (Phi) is 10.0. The average Bonchev–Trinajstić information content (AvgIpc) is 3.55. The van der Waals surface area contributed by atoms with Crippen LogP contribution in [0.25, 0.3) is 0 Å². The van der Waals surface area contributed by atoms with E-state index in [0.29, 0.717) is 24.6 Å². The minimum absolute atomic E-state index is 0. The lowest BCUT2D eigenvalue weighted by molar-refractivity contribution is -0.122. The molecule has 0 bridgehead atoms. The molecule has 2 aromatic carbocycles. The maximum atomic E-state index is 11.6. The van der Waals surface area contributed by atoms with E-state index >= 15 is 0 Å². The zero-order valence-corrected chi connectivity index (χ0v) is 21.2. The zero-order chi connectivity index (χ0) is 21.8. The Labute approximate surface area is 210 Å². The largest absolute Gasteiger partial charge is 0.492 e. The highest BCUT2D eigenvalue weighted by molar-refractivity contribution is 5.86. The van der Waals surface area contributed by atoms with E-state index in [9.17, 15) is 4.79 Å². The van der Waals surface area contributed by atoms with E-state index in [1.54, 1.807) is 0 Å². The summed E-state index contributed by atoms with van der Waals surface area (Å²) in [5.74, 6) is 1.21. The summed E-state index contributed by atoms with van der Waals surface area (Å²) in [6.45, 7) is 7.54. The molecule has 4 rings (SSSR count). The quantitative estimate of drug-likeness (QED) is 0.546. The highest BCUT2D eigenvalue weighted by atomic mass is 35.5. The van der Waals surface area contributed by atoms with Crippen molar-refractivity contribution in [3.63, 3.8) is 0 Å². The van der Waals surface area contributed by atoms with Gasteiger partial charge in [-0.2, -0.15) is 0 Å². The number of rotatable bonds is 9. The van der Waals surface area contributed by atoms with Gasteiger partial charge in [-0.25, -0.2) is 0 Å². The summed E-state index contributed by atoms with van der Waals surface area (Å²) in [4.78, 5) is 14.1. The minimum atomic E-state index is -0.668. The second-order valence-corrected chi connectivity index (χ2v) is 9.50. The van der Waals surface area contributed by atoms with Gasteiger partial charge in [-0.15, -0.1) is 24.8 Å². The maximum absolute atomic E-state index is 11.6. The van der Waals surface area contributed by atoms with E-state index in [1.807, 2.05) is 38.1 Å². The van der Waals surface area contributed by atoms with Crippen LogP contribution in [0.5, 0.6) is 5.75 Å². The number of ether oxygens (including phenoxy) is 1. The fraction of sp³-hybridized carbons (Fsp3) is 0.500. The summed E-state index contributed by atoms with van der Waals surface area (Å²) in [7, 11) is 0. The predicted molar refractivity (Wildman–Crippen MR) is 139 cm³/mol. The monoisotopic (exact) mass is 493 g/mol. The molecular weight excluding hydrogens is 457 g/mol. The van der Waals surface area contributed by atoms with E-state index < -0.39 is 5.41 Å². The fourth-order valence-electron chi connectivity index (χ4n) is 4.48. The summed E-state index contributed by atoms with van der Waals surface area (Å²) in [5, 5.41) is 3.88. The first-order chi connectivity index (χ1) is 14.9. The van der Waals surface area contributed by atoms with Crippen LogP contribution in [0.1, 0.15) is 50.2 Å². The van der Waals surface area contributed by atoms with Crippen LogP contribution in [0.15, 0.2) is 54.6 Å². The van der Waals surface area contributed by atoms with Crippen molar-refractivity contribution in [1.82, 2.24) is 10.2 Å². The van der Waals surface area contributed by atoms with Crippen LogP contribution in [0.2, 0.25) is 0 Å². The Hall–Kier alpha value is -1.79. The number of primary amides is 1. The van der Waals surface area contributed by atoms with Crippen molar-refractivity contribution in [2.24, 2.45) is 5.73 Å². The topological polar surface area (TPSA) is 67.6 Å². The van der Waals surface area contributed by atoms with Crippen molar-refractivity contribution in [3.8, 4) is 5.75 Å². The lowest BCUT2D eigenvalue weighted by Crippen LogP contribution is -2.44. The highest BCUT2D eigenvalue weighted by Gasteiger charge is 2.39. The smallest absolute Gasteiger partial charge is 0.227 e. The van der Waals surface area contributed by atoms with Gasteiger partial charge in [0.15, 0.2) is 0 Å². The van der Waals surface area contributed by atoms with Crippen LogP contribution in [-0.4, -0.2) is 49.1 Å². The second-order valence-electron chi connectivity index (χ2n) is 9.50. The number of piperidine rings is 1. The first kappa shape index (κ1) is 27.5. The van der Waals surface area contributed by atoms with Gasteiger partial charge < -0.3 is 15.8 Å². The molecule has 2 fully saturated rings. The van der Waals surface area contributed by atoms with E-state index in [1.165, 1.54) is 24.8 Å². The van der Waals surface area contributed by atoms with Gasteiger partial charge >= 0.3 is 0 Å². The Balaban J connectivity index is 0.00000193. The van der Waals surface area contributed by atoms with Crippen LogP contribution in [-0.2, 0) is 10.2 Å². The van der Waals surface area contributed by atoms with Crippen molar-refractivity contribution in [3.05, 3.63) is 65.7 Å². The molecule has 182 valence electrons. The van der Waals surface area contributed by atoms with Gasteiger partial charge in [0.05, 0.1) is 5.41 Å². The summed E-state index contributed by atoms with van der Waals surface area (Å²) >= 11 is 0. The maximum Gasteiger partial charge on any atom is 0.227 e. The average molecular weight is 495 g/mol. The minimum Gasteiger partial charge on any atom is -0.492 e. The first-order valence-corrected chi connectivity index (χ1v) is 11.5.